The molecule has 3 rings (SSSR count). The Morgan fingerprint density at radius 1 is 1.09 bits per heavy atom. The van der Waals surface area contributed by atoms with E-state index in [2.05, 4.69) is 4.98 Å². The number of hydrogen-bond donors (Lipinski definition) is 1. The molecule has 2 aromatic heterocycles. The van der Waals surface area contributed by atoms with Gasteiger partial charge in [-0.05, 0) is 37.3 Å². The molecule has 1 N–H and O–H groups in total. The second kappa shape index (κ2) is 5.69. The highest BCUT2D eigenvalue weighted by Gasteiger charge is 2.16. The number of aromatic nitrogens is 2. The van der Waals surface area contributed by atoms with Crippen LogP contribution in [0.15, 0.2) is 36.4 Å². The van der Waals surface area contributed by atoms with Crippen molar-refractivity contribution in [3.8, 4) is 22.8 Å². The molecule has 1 aromatic carbocycles. The Hall–Kier alpha value is -2.53. The third kappa shape index (κ3) is 2.19. The summed E-state index contributed by atoms with van der Waals surface area (Å²) >= 11 is 0. The molecule has 2 heterocycles. The van der Waals surface area contributed by atoms with Gasteiger partial charge in [0.05, 0.1) is 32.2 Å². The number of nitrogens with zero attached hydrogens (tertiary/aromatic N) is 2. The SMILES string of the molecule is COc1ccc(-c2nc3cccc(C)n3c2CO)cc1OC. The van der Waals surface area contributed by atoms with E-state index in [9.17, 15) is 5.11 Å². The van der Waals surface area contributed by atoms with Gasteiger partial charge in [-0.25, -0.2) is 4.98 Å². The summed E-state index contributed by atoms with van der Waals surface area (Å²) in [6.45, 7) is 1.90. The Morgan fingerprint density at radius 3 is 2.55 bits per heavy atom. The van der Waals surface area contributed by atoms with E-state index in [1.807, 2.05) is 47.7 Å². The molecule has 0 bridgehead atoms. The van der Waals surface area contributed by atoms with Gasteiger partial charge in [0.1, 0.15) is 5.65 Å². The summed E-state index contributed by atoms with van der Waals surface area (Å²) in [5.74, 6) is 1.30. The maximum atomic E-state index is 9.80. The summed E-state index contributed by atoms with van der Waals surface area (Å²) in [5, 5.41) is 9.80. The highest BCUT2D eigenvalue weighted by atomic mass is 16.5. The number of hydrogen-bond acceptors (Lipinski definition) is 4. The molecule has 0 aliphatic rings. The molecule has 0 atom stereocenters. The third-order valence-corrected chi connectivity index (χ3v) is 3.74. The van der Waals surface area contributed by atoms with Gasteiger partial charge < -0.3 is 14.6 Å². The second-order valence-electron chi connectivity index (χ2n) is 5.00. The van der Waals surface area contributed by atoms with Crippen molar-refractivity contribution in [2.75, 3.05) is 14.2 Å². The molecule has 0 fully saturated rings. The van der Waals surface area contributed by atoms with Crippen molar-refractivity contribution in [1.82, 2.24) is 9.38 Å². The van der Waals surface area contributed by atoms with E-state index >= 15 is 0 Å². The predicted octanol–water partition coefficient (Wildman–Crippen LogP) is 2.82. The molecule has 0 saturated carbocycles. The summed E-state index contributed by atoms with van der Waals surface area (Å²) in [6.07, 6.45) is 0. The van der Waals surface area contributed by atoms with Crippen molar-refractivity contribution >= 4 is 5.65 Å². The molecule has 5 nitrogen and oxygen atoms in total. The molecule has 3 aromatic rings. The van der Waals surface area contributed by atoms with Crippen molar-refractivity contribution in [3.05, 3.63) is 47.8 Å². The van der Waals surface area contributed by atoms with Crippen LogP contribution in [0, 0.1) is 6.92 Å². The summed E-state index contributed by atoms with van der Waals surface area (Å²) < 4.78 is 12.6. The molecule has 5 heteroatoms. The standard InChI is InChI=1S/C17H18N2O3/c1-11-5-4-6-16-18-17(13(10-20)19(11)16)12-7-8-14(21-2)15(9-12)22-3/h4-9,20H,10H2,1-3H3. The predicted molar refractivity (Wildman–Crippen MR) is 84.4 cm³/mol. The molecule has 114 valence electrons. The van der Waals surface area contributed by atoms with Gasteiger partial charge in [0.25, 0.3) is 0 Å². The number of rotatable bonds is 4. The van der Waals surface area contributed by atoms with Crippen LogP contribution in [0.25, 0.3) is 16.9 Å². The first-order chi connectivity index (χ1) is 10.7. The van der Waals surface area contributed by atoms with Crippen molar-refractivity contribution in [1.29, 1.82) is 0 Å². The Balaban J connectivity index is 2.24. The van der Waals surface area contributed by atoms with E-state index in [4.69, 9.17) is 9.47 Å². The Morgan fingerprint density at radius 2 is 1.86 bits per heavy atom. The number of aliphatic hydroxyl groups excluding tert-OH is 1. The molecule has 22 heavy (non-hydrogen) atoms. The average molecular weight is 298 g/mol. The fraction of sp³-hybridized carbons (Fsp3) is 0.235. The number of aliphatic hydroxyl groups is 1. The molecule has 0 spiro atoms. The lowest BCUT2D eigenvalue weighted by Crippen LogP contribution is -1.98. The smallest absolute Gasteiger partial charge is 0.161 e. The number of pyridine rings is 1. The number of fused-ring (bicyclic) bond motifs is 1. The average Bonchev–Trinajstić information content (AvgIpc) is 2.94. The highest BCUT2D eigenvalue weighted by Crippen LogP contribution is 2.33. The van der Waals surface area contributed by atoms with Crippen LogP contribution in [0.3, 0.4) is 0 Å². The normalized spacial score (nSPS) is 10.9. The number of methoxy groups -OCH3 is 2. The van der Waals surface area contributed by atoms with Crippen LogP contribution in [0.2, 0.25) is 0 Å². The fourth-order valence-electron chi connectivity index (χ4n) is 2.69. The van der Waals surface area contributed by atoms with Crippen molar-refractivity contribution in [3.63, 3.8) is 0 Å². The van der Waals surface area contributed by atoms with Gasteiger partial charge in [0, 0.05) is 11.3 Å². The third-order valence-electron chi connectivity index (χ3n) is 3.74. The molecule has 0 saturated heterocycles. The molecule has 0 amide bonds. The largest absolute Gasteiger partial charge is 0.493 e. The van der Waals surface area contributed by atoms with E-state index in [-0.39, 0.29) is 6.61 Å². The van der Waals surface area contributed by atoms with Gasteiger partial charge in [0.15, 0.2) is 11.5 Å². The van der Waals surface area contributed by atoms with Crippen molar-refractivity contribution < 1.29 is 14.6 Å². The van der Waals surface area contributed by atoms with E-state index in [1.54, 1.807) is 14.2 Å². The first-order valence-corrected chi connectivity index (χ1v) is 6.99. The van der Waals surface area contributed by atoms with Gasteiger partial charge >= 0.3 is 0 Å². The molecule has 0 aliphatic carbocycles. The first kappa shape index (κ1) is 14.4. The second-order valence-corrected chi connectivity index (χ2v) is 5.00. The van der Waals surface area contributed by atoms with Crippen LogP contribution in [-0.2, 0) is 6.61 Å². The monoisotopic (exact) mass is 298 g/mol. The molecular weight excluding hydrogens is 280 g/mol. The lowest BCUT2D eigenvalue weighted by molar-refractivity contribution is 0.276. The van der Waals surface area contributed by atoms with Crippen LogP contribution in [0.4, 0.5) is 0 Å². The minimum Gasteiger partial charge on any atom is -0.493 e. The maximum Gasteiger partial charge on any atom is 0.161 e. The van der Waals surface area contributed by atoms with Crippen LogP contribution in [0.5, 0.6) is 11.5 Å². The van der Waals surface area contributed by atoms with Crippen LogP contribution in [0.1, 0.15) is 11.4 Å². The molecular formula is C17H18N2O3. The summed E-state index contributed by atoms with van der Waals surface area (Å²) in [5.41, 5.74) is 4.23. The molecule has 0 radical (unpaired) electrons. The zero-order chi connectivity index (χ0) is 15.7. The number of imidazole rings is 1. The van der Waals surface area contributed by atoms with E-state index < -0.39 is 0 Å². The lowest BCUT2D eigenvalue weighted by Gasteiger charge is -2.09. The van der Waals surface area contributed by atoms with Gasteiger partial charge in [-0.2, -0.15) is 0 Å². The topological polar surface area (TPSA) is 56.0 Å². The number of ether oxygens (including phenoxy) is 2. The van der Waals surface area contributed by atoms with Crippen molar-refractivity contribution in [2.24, 2.45) is 0 Å². The number of benzene rings is 1. The van der Waals surface area contributed by atoms with Gasteiger partial charge in [-0.3, -0.25) is 4.40 Å². The summed E-state index contributed by atoms with van der Waals surface area (Å²) in [4.78, 5) is 4.65. The van der Waals surface area contributed by atoms with Crippen LogP contribution >= 0.6 is 0 Å². The zero-order valence-electron chi connectivity index (χ0n) is 12.8. The quantitative estimate of drug-likeness (QED) is 0.804. The summed E-state index contributed by atoms with van der Waals surface area (Å²) in [7, 11) is 3.20. The zero-order valence-corrected chi connectivity index (χ0v) is 12.8. The number of aryl methyl sites for hydroxylation is 1. The van der Waals surface area contributed by atoms with Crippen LogP contribution < -0.4 is 9.47 Å². The van der Waals surface area contributed by atoms with E-state index in [1.165, 1.54) is 0 Å². The Labute approximate surface area is 128 Å². The first-order valence-electron chi connectivity index (χ1n) is 6.99. The van der Waals surface area contributed by atoms with Crippen molar-refractivity contribution in [2.45, 2.75) is 13.5 Å². The Kier molecular flexibility index (Phi) is 3.73. The minimum atomic E-state index is -0.0876. The van der Waals surface area contributed by atoms with E-state index in [0.717, 1.165) is 28.3 Å². The molecule has 0 unspecified atom stereocenters. The van der Waals surface area contributed by atoms with E-state index in [0.29, 0.717) is 11.5 Å². The van der Waals surface area contributed by atoms with Gasteiger partial charge in [-0.15, -0.1) is 0 Å². The maximum absolute atomic E-state index is 9.80. The van der Waals surface area contributed by atoms with Gasteiger partial charge in [-0.1, -0.05) is 6.07 Å². The minimum absolute atomic E-state index is 0.0876. The lowest BCUT2D eigenvalue weighted by atomic mass is 10.1. The van der Waals surface area contributed by atoms with Crippen LogP contribution in [-0.4, -0.2) is 28.7 Å². The molecule has 0 aliphatic heterocycles. The van der Waals surface area contributed by atoms with Gasteiger partial charge in [0.2, 0.25) is 0 Å². The summed E-state index contributed by atoms with van der Waals surface area (Å²) in [6, 6.07) is 11.5. The highest BCUT2D eigenvalue weighted by molar-refractivity contribution is 5.69. The fourth-order valence-corrected chi connectivity index (χ4v) is 2.69. The Bertz CT molecular complexity index is 824.